The predicted octanol–water partition coefficient (Wildman–Crippen LogP) is 11.1. The lowest BCUT2D eigenvalue weighted by molar-refractivity contribution is -0.163. The van der Waals surface area contributed by atoms with E-state index in [0.717, 1.165) is 136 Å². The number of carbonyl (C=O) groups is 2. The number of aliphatic hydroxyl groups is 1. The summed E-state index contributed by atoms with van der Waals surface area (Å²) in [6.07, 6.45) is 18.2. The second-order valence-electron chi connectivity index (χ2n) is 16.0. The van der Waals surface area contributed by atoms with Crippen molar-refractivity contribution >= 4 is 11.9 Å². The highest BCUT2D eigenvalue weighted by molar-refractivity contribution is 5.92. The van der Waals surface area contributed by atoms with E-state index in [4.69, 9.17) is 42.6 Å². The van der Waals surface area contributed by atoms with Gasteiger partial charge >= 0.3 is 11.9 Å². The number of benzene rings is 3. The van der Waals surface area contributed by atoms with Crippen LogP contribution in [0.2, 0.25) is 0 Å². The van der Waals surface area contributed by atoms with Crippen molar-refractivity contribution in [2.24, 2.45) is 0 Å². The molecule has 5 rings (SSSR count). The first-order chi connectivity index (χ1) is 30.5. The van der Waals surface area contributed by atoms with Gasteiger partial charge in [-0.2, -0.15) is 0 Å². The molecule has 0 aromatic heterocycles. The maximum Gasteiger partial charge on any atom is 0.343 e. The van der Waals surface area contributed by atoms with E-state index in [0.29, 0.717) is 42.4 Å². The third-order valence-electron chi connectivity index (χ3n) is 10.9. The molecular formula is C50H70O12. The zero-order valence-electron chi connectivity index (χ0n) is 36.9. The molecule has 0 spiro atoms. The molecular weight excluding hydrogens is 793 g/mol. The Morgan fingerprint density at radius 3 is 1.53 bits per heavy atom. The smallest absolute Gasteiger partial charge is 0.343 e. The topological polar surface area (TPSA) is 137 Å². The number of hydrogen-bond acceptors (Lipinski definition) is 12. The van der Waals surface area contributed by atoms with Gasteiger partial charge in [0.25, 0.3) is 0 Å². The molecule has 0 bridgehead atoms. The molecule has 3 aromatic carbocycles. The summed E-state index contributed by atoms with van der Waals surface area (Å²) >= 11 is 0. The number of carbonyl (C=O) groups excluding carboxylic acids is 2. The van der Waals surface area contributed by atoms with Crippen molar-refractivity contribution in [3.63, 3.8) is 0 Å². The van der Waals surface area contributed by atoms with Crippen molar-refractivity contribution in [1.82, 2.24) is 0 Å². The molecule has 1 N–H and O–H groups in total. The van der Waals surface area contributed by atoms with Gasteiger partial charge in [-0.3, -0.25) is 0 Å². The number of hydrogen-bond donors (Lipinski definition) is 1. The lowest BCUT2D eigenvalue weighted by atomic mass is 10.1. The Morgan fingerprint density at radius 2 is 1.03 bits per heavy atom. The lowest BCUT2D eigenvalue weighted by Gasteiger charge is -2.22. The van der Waals surface area contributed by atoms with Crippen LogP contribution in [-0.2, 0) is 23.7 Å². The minimum atomic E-state index is -1.42. The van der Waals surface area contributed by atoms with E-state index in [9.17, 15) is 14.7 Å². The van der Waals surface area contributed by atoms with Gasteiger partial charge in [0.1, 0.15) is 23.0 Å². The van der Waals surface area contributed by atoms with Crippen molar-refractivity contribution in [3.8, 4) is 23.0 Å². The van der Waals surface area contributed by atoms with Crippen LogP contribution >= 0.6 is 0 Å². The standard InChI is InChI=1S/C50H70O12/c1-2-3-4-5-16-37-60-50(53)44-38-43(61-48(51)39-21-25-41(26-22-39)54-31-12-6-8-14-33-56-46-19-10-17-35-58-46)29-30-45(44)62-49(52)40-23-27-42(28-24-40)55-32-13-7-9-15-34-57-47-20-11-18-36-59-47/h21-30,38,46-47,50,53H,2-20,31-37H2,1H3. The van der Waals surface area contributed by atoms with Crippen molar-refractivity contribution in [3.05, 3.63) is 83.4 Å². The van der Waals surface area contributed by atoms with Gasteiger partial charge in [-0.25, -0.2) is 9.59 Å². The third kappa shape index (κ3) is 18.7. The van der Waals surface area contributed by atoms with Crippen LogP contribution in [0.15, 0.2) is 66.7 Å². The molecule has 2 saturated heterocycles. The molecule has 342 valence electrons. The maximum atomic E-state index is 13.3. The molecule has 12 nitrogen and oxygen atoms in total. The van der Waals surface area contributed by atoms with E-state index in [2.05, 4.69) is 6.92 Å². The Labute approximate surface area is 368 Å². The molecule has 62 heavy (non-hydrogen) atoms. The number of aliphatic hydroxyl groups excluding tert-OH is 1. The van der Waals surface area contributed by atoms with Gasteiger partial charge in [-0.05, 0) is 150 Å². The van der Waals surface area contributed by atoms with Crippen LogP contribution in [0.4, 0.5) is 0 Å². The first-order valence-corrected chi connectivity index (χ1v) is 23.3. The third-order valence-corrected chi connectivity index (χ3v) is 10.9. The second kappa shape index (κ2) is 29.3. The zero-order chi connectivity index (χ0) is 43.5. The normalized spacial score (nSPS) is 17.0. The fraction of sp³-hybridized carbons (Fsp3) is 0.600. The molecule has 3 atom stereocenters. The fourth-order valence-electron chi connectivity index (χ4n) is 7.18. The Balaban J connectivity index is 1.06. The predicted molar refractivity (Wildman–Crippen MR) is 236 cm³/mol. The Bertz CT molecular complexity index is 1670. The maximum absolute atomic E-state index is 13.3. The molecule has 2 heterocycles. The highest BCUT2D eigenvalue weighted by Crippen LogP contribution is 2.32. The van der Waals surface area contributed by atoms with E-state index in [1.807, 2.05) is 0 Å². The summed E-state index contributed by atoms with van der Waals surface area (Å²) in [4.78, 5) is 26.5. The number of esters is 2. The number of rotatable bonds is 30. The number of unbranched alkanes of at least 4 members (excludes halogenated alkanes) is 10. The largest absolute Gasteiger partial charge is 0.494 e. The van der Waals surface area contributed by atoms with Crippen LogP contribution in [0.1, 0.15) is 161 Å². The SMILES string of the molecule is CCCCCCCOC(O)c1cc(OC(=O)c2ccc(OCCCCCCOC3CCCCO3)cc2)ccc1OC(=O)c1ccc(OCCCCCCOC2CCCCO2)cc1. The van der Waals surface area contributed by atoms with Crippen LogP contribution in [0.5, 0.6) is 23.0 Å². The summed E-state index contributed by atoms with van der Waals surface area (Å²) in [5, 5.41) is 11.1. The Kier molecular flexibility index (Phi) is 23.2. The average molecular weight is 863 g/mol. The van der Waals surface area contributed by atoms with Crippen LogP contribution in [-0.4, -0.2) is 75.9 Å². The summed E-state index contributed by atoms with van der Waals surface area (Å²) in [6, 6.07) is 18.0. The zero-order valence-corrected chi connectivity index (χ0v) is 36.9. The van der Waals surface area contributed by atoms with Crippen molar-refractivity contribution in [2.75, 3.05) is 46.2 Å². The van der Waals surface area contributed by atoms with Gasteiger partial charge < -0.3 is 47.7 Å². The van der Waals surface area contributed by atoms with Gasteiger partial charge in [0.05, 0.1) is 36.5 Å². The van der Waals surface area contributed by atoms with E-state index < -0.39 is 18.2 Å². The lowest BCUT2D eigenvalue weighted by Crippen LogP contribution is -2.22. The van der Waals surface area contributed by atoms with Gasteiger partial charge in [-0.15, -0.1) is 0 Å². The second-order valence-corrected chi connectivity index (χ2v) is 16.0. The van der Waals surface area contributed by atoms with E-state index >= 15 is 0 Å². The van der Waals surface area contributed by atoms with Crippen LogP contribution in [0.3, 0.4) is 0 Å². The first kappa shape index (κ1) is 49.0. The van der Waals surface area contributed by atoms with Gasteiger partial charge in [0, 0.05) is 26.4 Å². The molecule has 0 radical (unpaired) electrons. The van der Waals surface area contributed by atoms with Crippen LogP contribution < -0.4 is 18.9 Å². The molecule has 2 aliphatic heterocycles. The average Bonchev–Trinajstić information content (AvgIpc) is 3.30. The molecule has 3 aromatic rings. The summed E-state index contributed by atoms with van der Waals surface area (Å²) < 4.78 is 51.9. The molecule has 2 fully saturated rings. The summed E-state index contributed by atoms with van der Waals surface area (Å²) in [7, 11) is 0. The molecule has 3 unspecified atom stereocenters. The van der Waals surface area contributed by atoms with Crippen molar-refractivity contribution in [1.29, 1.82) is 0 Å². The van der Waals surface area contributed by atoms with Crippen molar-refractivity contribution in [2.45, 2.75) is 148 Å². The van der Waals surface area contributed by atoms with E-state index in [1.54, 1.807) is 48.5 Å². The minimum absolute atomic E-state index is 0.0365. The number of ether oxygens (including phenoxy) is 9. The highest BCUT2D eigenvalue weighted by atomic mass is 16.7. The Hall–Kier alpha value is -4.04. The minimum Gasteiger partial charge on any atom is -0.494 e. The molecule has 2 aliphatic rings. The van der Waals surface area contributed by atoms with Crippen LogP contribution in [0.25, 0.3) is 0 Å². The fourth-order valence-corrected chi connectivity index (χ4v) is 7.18. The summed E-state index contributed by atoms with van der Waals surface area (Å²) in [5.74, 6) is 0.373. The summed E-state index contributed by atoms with van der Waals surface area (Å²) in [6.45, 7) is 6.64. The first-order valence-electron chi connectivity index (χ1n) is 23.3. The highest BCUT2D eigenvalue weighted by Gasteiger charge is 2.21. The quantitative estimate of drug-likeness (QED) is 0.0295. The molecule has 0 amide bonds. The summed E-state index contributed by atoms with van der Waals surface area (Å²) in [5.41, 5.74) is 0.810. The van der Waals surface area contributed by atoms with Crippen molar-refractivity contribution < 1.29 is 57.3 Å². The van der Waals surface area contributed by atoms with Gasteiger partial charge in [-0.1, -0.05) is 45.4 Å². The Morgan fingerprint density at radius 1 is 0.565 bits per heavy atom. The van der Waals surface area contributed by atoms with E-state index in [-0.39, 0.29) is 29.6 Å². The van der Waals surface area contributed by atoms with Crippen LogP contribution in [0, 0.1) is 0 Å². The van der Waals surface area contributed by atoms with Gasteiger partial charge in [0.15, 0.2) is 18.9 Å². The molecule has 0 saturated carbocycles. The van der Waals surface area contributed by atoms with Gasteiger partial charge in [0.2, 0.25) is 0 Å². The molecule has 12 heteroatoms. The van der Waals surface area contributed by atoms with E-state index in [1.165, 1.54) is 31.0 Å². The molecule has 0 aliphatic carbocycles. The monoisotopic (exact) mass is 862 g/mol.